The molecule has 1 N–H and O–H groups in total. The van der Waals surface area contributed by atoms with E-state index in [1.165, 1.54) is 0 Å². The fraction of sp³-hybridized carbons (Fsp3) is 0.526. The van der Waals surface area contributed by atoms with Gasteiger partial charge in [0, 0.05) is 24.9 Å². The highest BCUT2D eigenvalue weighted by molar-refractivity contribution is 5.87. The summed E-state index contributed by atoms with van der Waals surface area (Å²) >= 11 is 0. The van der Waals surface area contributed by atoms with Gasteiger partial charge in [0.1, 0.15) is 5.78 Å². The Morgan fingerprint density at radius 3 is 2.62 bits per heavy atom. The van der Waals surface area contributed by atoms with Crippen molar-refractivity contribution >= 4 is 17.6 Å². The quantitative estimate of drug-likeness (QED) is 0.895. The fourth-order valence-corrected chi connectivity index (χ4v) is 3.89. The molecule has 1 aromatic carbocycles. The highest BCUT2D eigenvalue weighted by Gasteiger charge is 2.39. The number of likely N-dealkylation sites (tertiary alicyclic amines) is 1. The summed E-state index contributed by atoms with van der Waals surface area (Å²) in [6.45, 7) is 0.713. The van der Waals surface area contributed by atoms with Gasteiger partial charge in [-0.1, -0.05) is 30.3 Å². The van der Waals surface area contributed by atoms with Crippen molar-refractivity contribution in [1.29, 1.82) is 0 Å². The smallest absolute Gasteiger partial charge is 0.242 e. The second-order valence-corrected chi connectivity index (χ2v) is 6.70. The van der Waals surface area contributed by atoms with Crippen molar-refractivity contribution < 1.29 is 14.4 Å². The first-order valence-electron chi connectivity index (χ1n) is 8.78. The number of hydrogen-bond donors (Lipinski definition) is 1. The molecule has 1 aliphatic carbocycles. The van der Waals surface area contributed by atoms with Crippen LogP contribution in [0.15, 0.2) is 30.3 Å². The number of carbonyl (C=O) groups excluding carboxylic acids is 3. The molecule has 1 saturated heterocycles. The van der Waals surface area contributed by atoms with Gasteiger partial charge in [-0.3, -0.25) is 14.4 Å². The van der Waals surface area contributed by atoms with Crippen LogP contribution in [0.3, 0.4) is 0 Å². The third-order valence-corrected chi connectivity index (χ3v) is 5.08. The predicted octanol–water partition coefficient (Wildman–Crippen LogP) is 1.71. The molecule has 5 nitrogen and oxygen atoms in total. The summed E-state index contributed by atoms with van der Waals surface area (Å²) in [5.74, 6) is 0.0881. The Morgan fingerprint density at radius 2 is 1.92 bits per heavy atom. The molecule has 0 aromatic heterocycles. The molecular weight excluding hydrogens is 304 g/mol. The maximum absolute atomic E-state index is 12.5. The van der Waals surface area contributed by atoms with Gasteiger partial charge in [0.2, 0.25) is 11.8 Å². The van der Waals surface area contributed by atoms with E-state index in [1.54, 1.807) is 0 Å². The Hall–Kier alpha value is -2.17. The number of nitrogens with one attached hydrogen (secondary N) is 1. The molecule has 2 fully saturated rings. The van der Waals surface area contributed by atoms with Gasteiger partial charge in [-0.25, -0.2) is 0 Å². The molecule has 1 saturated carbocycles. The molecule has 1 heterocycles. The SMILES string of the molecule is O=C(Cc1ccccc1)NCC(=O)N1CCCC1C1CCCC1=O. The van der Waals surface area contributed by atoms with Crippen LogP contribution in [0.1, 0.15) is 37.7 Å². The monoisotopic (exact) mass is 328 g/mol. The predicted molar refractivity (Wildman–Crippen MR) is 90.2 cm³/mol. The lowest BCUT2D eigenvalue weighted by atomic mass is 9.95. The molecule has 2 amide bonds. The maximum Gasteiger partial charge on any atom is 0.242 e. The highest BCUT2D eigenvalue weighted by atomic mass is 16.2. The summed E-state index contributed by atoms with van der Waals surface area (Å²) in [6, 6.07) is 9.51. The van der Waals surface area contributed by atoms with Gasteiger partial charge in [0.15, 0.2) is 0 Å². The van der Waals surface area contributed by atoms with Gasteiger partial charge in [-0.2, -0.15) is 0 Å². The van der Waals surface area contributed by atoms with Crippen molar-refractivity contribution in [1.82, 2.24) is 10.2 Å². The first-order valence-corrected chi connectivity index (χ1v) is 8.78. The molecule has 3 rings (SSSR count). The number of ketones is 1. The van der Waals surface area contributed by atoms with E-state index in [-0.39, 0.29) is 36.7 Å². The van der Waals surface area contributed by atoms with Crippen LogP contribution >= 0.6 is 0 Å². The molecule has 2 unspecified atom stereocenters. The summed E-state index contributed by atoms with van der Waals surface area (Å²) in [4.78, 5) is 38.3. The van der Waals surface area contributed by atoms with Gasteiger partial charge in [0.25, 0.3) is 0 Å². The zero-order valence-electron chi connectivity index (χ0n) is 13.9. The van der Waals surface area contributed by atoms with E-state index >= 15 is 0 Å². The number of carbonyl (C=O) groups is 3. The fourth-order valence-electron chi connectivity index (χ4n) is 3.89. The number of hydrogen-bond acceptors (Lipinski definition) is 3. The van der Waals surface area contributed by atoms with E-state index in [0.717, 1.165) is 31.2 Å². The van der Waals surface area contributed by atoms with Gasteiger partial charge in [-0.05, 0) is 31.2 Å². The molecule has 0 radical (unpaired) electrons. The van der Waals surface area contributed by atoms with Crippen molar-refractivity contribution in [2.45, 2.75) is 44.6 Å². The number of benzene rings is 1. The zero-order chi connectivity index (χ0) is 16.9. The van der Waals surface area contributed by atoms with Gasteiger partial charge < -0.3 is 10.2 Å². The van der Waals surface area contributed by atoms with Gasteiger partial charge in [0.05, 0.1) is 13.0 Å². The minimum absolute atomic E-state index is 0.0106. The van der Waals surface area contributed by atoms with Crippen LogP contribution in [-0.4, -0.2) is 41.6 Å². The second kappa shape index (κ2) is 7.60. The van der Waals surface area contributed by atoms with Crippen molar-refractivity contribution in [3.8, 4) is 0 Å². The van der Waals surface area contributed by atoms with Crippen LogP contribution in [0.25, 0.3) is 0 Å². The number of Topliss-reactive ketones (excluding diaryl/α,β-unsaturated/α-hetero) is 1. The Labute approximate surface area is 142 Å². The summed E-state index contributed by atoms with van der Waals surface area (Å²) < 4.78 is 0. The van der Waals surface area contributed by atoms with Crippen LogP contribution in [0, 0.1) is 5.92 Å². The molecule has 128 valence electrons. The summed E-state index contributed by atoms with van der Waals surface area (Å²) in [5, 5.41) is 2.72. The molecule has 1 aliphatic heterocycles. The third kappa shape index (κ3) is 3.83. The Kier molecular flexibility index (Phi) is 5.28. The van der Waals surface area contributed by atoms with E-state index in [4.69, 9.17) is 0 Å². The maximum atomic E-state index is 12.5. The van der Waals surface area contributed by atoms with Crippen molar-refractivity contribution in [3.63, 3.8) is 0 Å². The van der Waals surface area contributed by atoms with Crippen LogP contribution in [0.2, 0.25) is 0 Å². The first-order chi connectivity index (χ1) is 11.6. The van der Waals surface area contributed by atoms with Crippen LogP contribution in [-0.2, 0) is 20.8 Å². The number of amides is 2. The van der Waals surface area contributed by atoms with Crippen LogP contribution < -0.4 is 5.32 Å². The van der Waals surface area contributed by atoms with E-state index in [0.29, 0.717) is 18.7 Å². The normalized spacial score (nSPS) is 23.5. The van der Waals surface area contributed by atoms with E-state index in [1.807, 2.05) is 35.2 Å². The molecule has 0 spiro atoms. The zero-order valence-corrected chi connectivity index (χ0v) is 13.9. The third-order valence-electron chi connectivity index (χ3n) is 5.08. The van der Waals surface area contributed by atoms with Crippen molar-refractivity contribution in [2.24, 2.45) is 5.92 Å². The Bertz CT molecular complexity index is 614. The standard InChI is InChI=1S/C19H24N2O3/c22-17-10-4-8-15(17)16-9-5-11-21(16)19(24)13-20-18(23)12-14-6-2-1-3-7-14/h1-3,6-7,15-16H,4-5,8-13H2,(H,20,23). The first kappa shape index (κ1) is 16.7. The van der Waals surface area contributed by atoms with E-state index in [2.05, 4.69) is 5.32 Å². The minimum Gasteiger partial charge on any atom is -0.347 e. The lowest BCUT2D eigenvalue weighted by Gasteiger charge is -2.28. The Balaban J connectivity index is 1.50. The van der Waals surface area contributed by atoms with Crippen molar-refractivity contribution in [2.75, 3.05) is 13.1 Å². The van der Waals surface area contributed by atoms with Crippen LogP contribution in [0.4, 0.5) is 0 Å². The Morgan fingerprint density at radius 1 is 1.12 bits per heavy atom. The summed E-state index contributed by atoms with van der Waals surface area (Å²) in [7, 11) is 0. The van der Waals surface area contributed by atoms with Crippen LogP contribution in [0.5, 0.6) is 0 Å². The minimum atomic E-state index is -0.151. The lowest BCUT2D eigenvalue weighted by molar-refractivity contribution is -0.135. The number of nitrogens with zero attached hydrogens (tertiary/aromatic N) is 1. The summed E-state index contributed by atoms with van der Waals surface area (Å²) in [5.41, 5.74) is 0.929. The topological polar surface area (TPSA) is 66.5 Å². The highest BCUT2D eigenvalue weighted by Crippen LogP contribution is 2.33. The van der Waals surface area contributed by atoms with E-state index < -0.39 is 0 Å². The largest absolute Gasteiger partial charge is 0.347 e. The molecule has 2 aliphatic rings. The summed E-state index contributed by atoms with van der Waals surface area (Å²) in [6.07, 6.45) is 4.61. The number of rotatable bonds is 5. The molecule has 0 bridgehead atoms. The molecule has 5 heteroatoms. The van der Waals surface area contributed by atoms with E-state index in [9.17, 15) is 14.4 Å². The average molecular weight is 328 g/mol. The molecule has 24 heavy (non-hydrogen) atoms. The second-order valence-electron chi connectivity index (χ2n) is 6.70. The molecular formula is C19H24N2O3. The van der Waals surface area contributed by atoms with Crippen molar-refractivity contribution in [3.05, 3.63) is 35.9 Å². The average Bonchev–Trinajstić information content (AvgIpc) is 3.22. The van der Waals surface area contributed by atoms with Gasteiger partial charge >= 0.3 is 0 Å². The molecule has 2 atom stereocenters. The molecule has 1 aromatic rings. The lowest BCUT2D eigenvalue weighted by Crippen LogP contribution is -2.46. The van der Waals surface area contributed by atoms with Gasteiger partial charge in [-0.15, -0.1) is 0 Å².